The van der Waals surface area contributed by atoms with E-state index in [1.54, 1.807) is 11.3 Å². The van der Waals surface area contributed by atoms with E-state index < -0.39 is 0 Å². The number of hydrogen-bond acceptors (Lipinski definition) is 8. The summed E-state index contributed by atoms with van der Waals surface area (Å²) in [6.07, 6.45) is 8.44. The van der Waals surface area contributed by atoms with Crippen LogP contribution in [0.5, 0.6) is 0 Å². The highest BCUT2D eigenvalue weighted by Crippen LogP contribution is 2.26. The molecule has 1 fully saturated rings. The lowest BCUT2D eigenvalue weighted by atomic mass is 10.1. The molecule has 2 aromatic heterocycles. The molecule has 148 valence electrons. The molecule has 3 aliphatic heterocycles. The Morgan fingerprint density at radius 1 is 1.04 bits per heavy atom. The van der Waals surface area contributed by atoms with Gasteiger partial charge in [0.25, 0.3) is 0 Å². The molecule has 0 N–H and O–H groups in total. The van der Waals surface area contributed by atoms with Gasteiger partial charge in [0.1, 0.15) is 0 Å². The van der Waals surface area contributed by atoms with Crippen LogP contribution in [0.25, 0.3) is 0 Å². The summed E-state index contributed by atoms with van der Waals surface area (Å²) in [5.74, 6) is 0.851. The van der Waals surface area contributed by atoms with Gasteiger partial charge in [0, 0.05) is 68.5 Å². The maximum absolute atomic E-state index is 5.44. The highest BCUT2D eigenvalue weighted by atomic mass is 32.1. The Bertz CT molecular complexity index is 860. The summed E-state index contributed by atoms with van der Waals surface area (Å²) in [4.78, 5) is 24.9. The van der Waals surface area contributed by atoms with Gasteiger partial charge in [0.2, 0.25) is 0 Å². The van der Waals surface area contributed by atoms with Crippen molar-refractivity contribution in [3.63, 3.8) is 0 Å². The largest absolute Gasteiger partial charge is 0.378 e. The SMILES string of the molecule is c1nc(N2CCOCC2)sc1CN1CCc2nc(C3=NCCCC3)ncc2C1. The first-order valence-electron chi connectivity index (χ1n) is 10.2. The summed E-state index contributed by atoms with van der Waals surface area (Å²) in [6.45, 7) is 7.27. The van der Waals surface area contributed by atoms with E-state index in [2.05, 4.69) is 24.8 Å². The van der Waals surface area contributed by atoms with Crippen LogP contribution in [0.15, 0.2) is 17.4 Å². The summed E-state index contributed by atoms with van der Waals surface area (Å²) in [7, 11) is 0. The summed E-state index contributed by atoms with van der Waals surface area (Å²) in [5.41, 5.74) is 3.55. The van der Waals surface area contributed by atoms with Crippen molar-refractivity contribution >= 4 is 22.2 Å². The number of aliphatic imine (C=N–C) groups is 1. The molecule has 0 amide bonds. The van der Waals surface area contributed by atoms with Crippen LogP contribution in [0.3, 0.4) is 0 Å². The van der Waals surface area contributed by atoms with Gasteiger partial charge in [0.05, 0.1) is 24.6 Å². The second-order valence-corrected chi connectivity index (χ2v) is 8.71. The fourth-order valence-electron chi connectivity index (χ4n) is 4.02. The van der Waals surface area contributed by atoms with Gasteiger partial charge in [-0.05, 0) is 19.3 Å². The van der Waals surface area contributed by atoms with Gasteiger partial charge in [-0.2, -0.15) is 0 Å². The Balaban J connectivity index is 1.24. The third kappa shape index (κ3) is 3.94. The number of hydrogen-bond donors (Lipinski definition) is 0. The van der Waals surface area contributed by atoms with E-state index in [0.29, 0.717) is 0 Å². The molecule has 0 atom stereocenters. The molecule has 0 aliphatic carbocycles. The smallest absolute Gasteiger partial charge is 0.185 e. The zero-order valence-corrected chi connectivity index (χ0v) is 17.0. The summed E-state index contributed by atoms with van der Waals surface area (Å²) in [5, 5.41) is 1.12. The van der Waals surface area contributed by atoms with Gasteiger partial charge >= 0.3 is 0 Å². The van der Waals surface area contributed by atoms with Crippen molar-refractivity contribution in [1.82, 2.24) is 19.9 Å². The predicted molar refractivity (Wildman–Crippen MR) is 110 cm³/mol. The molecule has 0 radical (unpaired) electrons. The second-order valence-electron chi connectivity index (χ2n) is 7.62. The van der Waals surface area contributed by atoms with Crippen LogP contribution >= 0.6 is 11.3 Å². The number of rotatable bonds is 4. The lowest BCUT2D eigenvalue weighted by Gasteiger charge is -2.28. The molecule has 5 rings (SSSR count). The van der Waals surface area contributed by atoms with E-state index in [9.17, 15) is 0 Å². The Kier molecular flexibility index (Phi) is 5.33. The molecule has 0 spiro atoms. The molecule has 3 aliphatic rings. The van der Waals surface area contributed by atoms with Crippen LogP contribution in [0.2, 0.25) is 0 Å². The van der Waals surface area contributed by atoms with Crippen molar-refractivity contribution < 1.29 is 4.74 Å². The maximum Gasteiger partial charge on any atom is 0.185 e. The van der Waals surface area contributed by atoms with Crippen LogP contribution in [0.1, 0.15) is 41.2 Å². The van der Waals surface area contributed by atoms with E-state index in [4.69, 9.17) is 9.72 Å². The van der Waals surface area contributed by atoms with E-state index in [0.717, 1.165) is 82.0 Å². The topological polar surface area (TPSA) is 66.7 Å². The van der Waals surface area contributed by atoms with Crippen LogP contribution in [0.4, 0.5) is 5.13 Å². The number of nitrogens with zero attached hydrogens (tertiary/aromatic N) is 6. The minimum Gasteiger partial charge on any atom is -0.378 e. The number of fused-ring (bicyclic) bond motifs is 1. The van der Waals surface area contributed by atoms with Crippen molar-refractivity contribution in [3.8, 4) is 0 Å². The average Bonchev–Trinajstić information content (AvgIpc) is 3.23. The van der Waals surface area contributed by atoms with Gasteiger partial charge in [-0.1, -0.05) is 0 Å². The molecule has 0 saturated carbocycles. The third-order valence-corrected chi connectivity index (χ3v) is 6.64. The maximum atomic E-state index is 5.44. The first-order chi connectivity index (χ1) is 13.8. The number of anilines is 1. The van der Waals surface area contributed by atoms with Crippen molar-refractivity contribution in [1.29, 1.82) is 0 Å². The predicted octanol–water partition coefficient (Wildman–Crippen LogP) is 2.30. The van der Waals surface area contributed by atoms with Crippen LogP contribution < -0.4 is 4.90 Å². The van der Waals surface area contributed by atoms with Crippen molar-refractivity contribution in [3.05, 3.63) is 34.4 Å². The molecule has 0 bridgehead atoms. The van der Waals surface area contributed by atoms with Gasteiger partial charge < -0.3 is 9.64 Å². The zero-order chi connectivity index (χ0) is 18.8. The summed E-state index contributed by atoms with van der Waals surface area (Å²) in [6, 6.07) is 0. The quantitative estimate of drug-likeness (QED) is 0.787. The molecule has 1 saturated heterocycles. The van der Waals surface area contributed by atoms with Crippen molar-refractivity contribution in [2.45, 2.75) is 38.8 Å². The third-order valence-electron chi connectivity index (χ3n) is 5.60. The minimum atomic E-state index is 0.798. The first kappa shape index (κ1) is 18.1. The average molecular weight is 399 g/mol. The molecule has 0 unspecified atom stereocenters. The number of ether oxygens (including phenoxy) is 1. The number of morpholine rings is 1. The Labute approximate surface area is 169 Å². The van der Waals surface area contributed by atoms with Gasteiger partial charge in [0.15, 0.2) is 11.0 Å². The van der Waals surface area contributed by atoms with E-state index in [-0.39, 0.29) is 0 Å². The Morgan fingerprint density at radius 3 is 2.82 bits per heavy atom. The fraction of sp³-hybridized carbons (Fsp3) is 0.600. The lowest BCUT2D eigenvalue weighted by molar-refractivity contribution is 0.122. The van der Waals surface area contributed by atoms with Crippen LogP contribution in [-0.4, -0.2) is 65.0 Å². The highest BCUT2D eigenvalue weighted by Gasteiger charge is 2.22. The molecule has 28 heavy (non-hydrogen) atoms. The van der Waals surface area contributed by atoms with Crippen LogP contribution in [-0.2, 0) is 24.2 Å². The molecule has 7 nitrogen and oxygen atoms in total. The zero-order valence-electron chi connectivity index (χ0n) is 16.1. The van der Waals surface area contributed by atoms with E-state index in [1.807, 2.05) is 12.4 Å². The Hall–Kier alpha value is -1.90. The molecule has 0 aromatic carbocycles. The monoisotopic (exact) mass is 398 g/mol. The lowest BCUT2D eigenvalue weighted by Crippen LogP contribution is -2.36. The van der Waals surface area contributed by atoms with Crippen LogP contribution in [0, 0.1) is 0 Å². The number of thiazole rings is 1. The second kappa shape index (κ2) is 8.23. The molecular weight excluding hydrogens is 372 g/mol. The number of aromatic nitrogens is 3. The minimum absolute atomic E-state index is 0.798. The normalized spacial score (nSPS) is 20.7. The molecule has 2 aromatic rings. The molecule has 5 heterocycles. The highest BCUT2D eigenvalue weighted by molar-refractivity contribution is 7.15. The van der Waals surface area contributed by atoms with E-state index >= 15 is 0 Å². The van der Waals surface area contributed by atoms with Crippen molar-refractivity contribution in [2.75, 3.05) is 44.3 Å². The van der Waals surface area contributed by atoms with Gasteiger partial charge in [-0.25, -0.2) is 15.0 Å². The molecule has 8 heteroatoms. The van der Waals surface area contributed by atoms with Gasteiger partial charge in [-0.3, -0.25) is 9.89 Å². The summed E-state index contributed by atoms with van der Waals surface area (Å²) >= 11 is 1.81. The summed E-state index contributed by atoms with van der Waals surface area (Å²) < 4.78 is 5.44. The van der Waals surface area contributed by atoms with Gasteiger partial charge in [-0.15, -0.1) is 11.3 Å². The fourth-order valence-corrected chi connectivity index (χ4v) is 5.02. The first-order valence-corrected chi connectivity index (χ1v) is 11.0. The standard InChI is InChI=1S/C20H26N6OS/c1-2-5-21-18(3-1)19-22-11-15-13-25(6-4-17(15)24-19)14-16-12-23-20(28-16)26-7-9-27-10-8-26/h11-12H,1-10,13-14H2. The van der Waals surface area contributed by atoms with Crippen molar-refractivity contribution in [2.24, 2.45) is 4.99 Å². The van der Waals surface area contributed by atoms with E-state index in [1.165, 1.54) is 29.0 Å². The molecular formula is C20H26N6OS. The Morgan fingerprint density at radius 2 is 1.96 bits per heavy atom.